The van der Waals surface area contributed by atoms with E-state index in [-0.39, 0.29) is 30.2 Å². The molecule has 134 valence electrons. The molecule has 2 rings (SSSR count). The number of amides is 2. The number of hydrogen-bond donors (Lipinski definition) is 2. The smallest absolute Gasteiger partial charge is 0.252 e. The predicted octanol–water partition coefficient (Wildman–Crippen LogP) is 3.39. The molecule has 0 bridgehead atoms. The normalized spacial score (nSPS) is 11.8. The molecular weight excluding hydrogens is 336 g/mol. The predicted molar refractivity (Wildman–Crippen MR) is 100.0 cm³/mol. The van der Waals surface area contributed by atoms with Crippen molar-refractivity contribution >= 4 is 23.2 Å². The fourth-order valence-corrected chi connectivity index (χ4v) is 3.11. The molecular formula is C19H24N2O3S. The minimum Gasteiger partial charge on any atom is -0.497 e. The highest BCUT2D eigenvalue weighted by Gasteiger charge is 2.18. The molecule has 1 aromatic heterocycles. The van der Waals surface area contributed by atoms with Crippen LogP contribution in [0.5, 0.6) is 5.75 Å². The molecule has 6 heteroatoms. The fraction of sp³-hybridized carbons (Fsp3) is 0.368. The Labute approximate surface area is 152 Å². The third-order valence-corrected chi connectivity index (χ3v) is 4.56. The Morgan fingerprint density at radius 3 is 2.44 bits per heavy atom. The van der Waals surface area contributed by atoms with E-state index in [4.69, 9.17) is 4.74 Å². The van der Waals surface area contributed by atoms with Crippen molar-refractivity contribution in [3.63, 3.8) is 0 Å². The van der Waals surface area contributed by atoms with Crippen LogP contribution in [0.15, 0.2) is 41.1 Å². The number of benzene rings is 1. The van der Waals surface area contributed by atoms with Crippen molar-refractivity contribution in [2.75, 3.05) is 13.7 Å². The van der Waals surface area contributed by atoms with Crippen molar-refractivity contribution < 1.29 is 14.3 Å². The first-order valence-corrected chi connectivity index (χ1v) is 9.19. The number of rotatable bonds is 8. The zero-order valence-electron chi connectivity index (χ0n) is 14.7. The van der Waals surface area contributed by atoms with E-state index in [9.17, 15) is 9.59 Å². The molecule has 0 aliphatic heterocycles. The van der Waals surface area contributed by atoms with Crippen LogP contribution in [0.3, 0.4) is 0 Å². The lowest BCUT2D eigenvalue weighted by Gasteiger charge is -2.23. The van der Waals surface area contributed by atoms with Crippen LogP contribution < -0.4 is 15.4 Å². The summed E-state index contributed by atoms with van der Waals surface area (Å²) in [5.41, 5.74) is 1.66. The summed E-state index contributed by atoms with van der Waals surface area (Å²) in [6.07, 6.45) is 0.245. The Kier molecular flexibility index (Phi) is 7.01. The van der Waals surface area contributed by atoms with E-state index in [1.165, 1.54) is 11.3 Å². The SMILES string of the molecule is COc1ccc(C(NC(=O)CCNC(=O)c2ccsc2)C(C)C)cc1. The van der Waals surface area contributed by atoms with Gasteiger partial charge < -0.3 is 15.4 Å². The number of carbonyl (C=O) groups excluding carboxylic acids is 2. The zero-order chi connectivity index (χ0) is 18.2. The molecule has 1 aromatic carbocycles. The summed E-state index contributed by atoms with van der Waals surface area (Å²) in [4.78, 5) is 24.1. The van der Waals surface area contributed by atoms with Gasteiger partial charge in [-0.3, -0.25) is 9.59 Å². The molecule has 5 nitrogen and oxygen atoms in total. The highest BCUT2D eigenvalue weighted by atomic mass is 32.1. The van der Waals surface area contributed by atoms with Gasteiger partial charge in [0.25, 0.3) is 5.91 Å². The van der Waals surface area contributed by atoms with Crippen LogP contribution in [0.25, 0.3) is 0 Å². The second-order valence-electron chi connectivity index (χ2n) is 6.08. The molecule has 0 radical (unpaired) electrons. The molecule has 0 fully saturated rings. The van der Waals surface area contributed by atoms with Crippen LogP contribution in [-0.4, -0.2) is 25.5 Å². The topological polar surface area (TPSA) is 67.4 Å². The molecule has 0 spiro atoms. The van der Waals surface area contributed by atoms with Gasteiger partial charge in [-0.25, -0.2) is 0 Å². The number of nitrogens with one attached hydrogen (secondary N) is 2. The van der Waals surface area contributed by atoms with Gasteiger partial charge in [0.2, 0.25) is 5.91 Å². The van der Waals surface area contributed by atoms with Crippen molar-refractivity contribution in [3.8, 4) is 5.75 Å². The number of hydrogen-bond acceptors (Lipinski definition) is 4. The van der Waals surface area contributed by atoms with Gasteiger partial charge in [0.15, 0.2) is 0 Å². The first-order chi connectivity index (χ1) is 12.0. The molecule has 0 saturated heterocycles. The minimum absolute atomic E-state index is 0.0778. The van der Waals surface area contributed by atoms with Crippen LogP contribution in [0.2, 0.25) is 0 Å². The molecule has 1 unspecified atom stereocenters. The summed E-state index contributed by atoms with van der Waals surface area (Å²) in [6, 6.07) is 9.38. The molecule has 1 atom stereocenters. The lowest BCUT2D eigenvalue weighted by Crippen LogP contribution is -2.34. The highest BCUT2D eigenvalue weighted by molar-refractivity contribution is 7.08. The largest absolute Gasteiger partial charge is 0.497 e. The summed E-state index contributed by atoms with van der Waals surface area (Å²) in [5, 5.41) is 9.45. The quantitative estimate of drug-likeness (QED) is 0.758. The fourth-order valence-electron chi connectivity index (χ4n) is 2.48. The molecule has 2 amide bonds. The second-order valence-corrected chi connectivity index (χ2v) is 6.86. The average molecular weight is 360 g/mol. The van der Waals surface area contributed by atoms with Gasteiger partial charge in [0, 0.05) is 23.9 Å². The monoisotopic (exact) mass is 360 g/mol. The summed E-state index contributed by atoms with van der Waals surface area (Å²) < 4.78 is 5.17. The molecule has 1 heterocycles. The van der Waals surface area contributed by atoms with E-state index in [1.54, 1.807) is 18.6 Å². The third-order valence-electron chi connectivity index (χ3n) is 3.88. The van der Waals surface area contributed by atoms with Crippen LogP contribution in [0.4, 0.5) is 0 Å². The van der Waals surface area contributed by atoms with Gasteiger partial charge in [-0.2, -0.15) is 11.3 Å². The van der Waals surface area contributed by atoms with Crippen LogP contribution in [0, 0.1) is 5.92 Å². The van der Waals surface area contributed by atoms with Gasteiger partial charge in [0.05, 0.1) is 13.2 Å². The Morgan fingerprint density at radius 2 is 1.88 bits per heavy atom. The van der Waals surface area contributed by atoms with Gasteiger partial charge >= 0.3 is 0 Å². The highest BCUT2D eigenvalue weighted by Crippen LogP contribution is 2.23. The second kappa shape index (κ2) is 9.22. The maximum atomic E-state index is 12.2. The van der Waals surface area contributed by atoms with Gasteiger partial charge in [0.1, 0.15) is 5.75 Å². The molecule has 0 saturated carbocycles. The average Bonchev–Trinajstić information content (AvgIpc) is 3.14. The van der Waals surface area contributed by atoms with E-state index in [0.29, 0.717) is 12.1 Å². The lowest BCUT2D eigenvalue weighted by atomic mass is 9.96. The van der Waals surface area contributed by atoms with Gasteiger partial charge in [-0.15, -0.1) is 0 Å². The zero-order valence-corrected chi connectivity index (χ0v) is 15.6. The Balaban J connectivity index is 1.86. The number of carbonyl (C=O) groups is 2. The van der Waals surface area contributed by atoms with Crippen LogP contribution in [0.1, 0.15) is 42.2 Å². The maximum Gasteiger partial charge on any atom is 0.252 e. The van der Waals surface area contributed by atoms with Crippen LogP contribution >= 0.6 is 11.3 Å². The van der Waals surface area contributed by atoms with Gasteiger partial charge in [-0.05, 0) is 35.1 Å². The number of ether oxygens (including phenoxy) is 1. The van der Waals surface area contributed by atoms with E-state index in [2.05, 4.69) is 24.5 Å². The molecule has 0 aliphatic rings. The Bertz CT molecular complexity index is 681. The summed E-state index contributed by atoms with van der Waals surface area (Å²) in [5.74, 6) is 0.802. The molecule has 2 aromatic rings. The van der Waals surface area contributed by atoms with E-state index < -0.39 is 0 Å². The molecule has 2 N–H and O–H groups in total. The summed E-state index contributed by atoms with van der Waals surface area (Å²) in [6.45, 7) is 4.44. The Hall–Kier alpha value is -2.34. The van der Waals surface area contributed by atoms with Gasteiger partial charge in [-0.1, -0.05) is 26.0 Å². The number of thiophene rings is 1. The maximum absolute atomic E-state index is 12.2. The summed E-state index contributed by atoms with van der Waals surface area (Å²) >= 11 is 1.47. The van der Waals surface area contributed by atoms with E-state index >= 15 is 0 Å². The first kappa shape index (κ1) is 19.0. The Morgan fingerprint density at radius 1 is 1.16 bits per heavy atom. The molecule has 25 heavy (non-hydrogen) atoms. The van der Waals surface area contributed by atoms with Crippen molar-refractivity contribution in [2.24, 2.45) is 5.92 Å². The van der Waals surface area contributed by atoms with Crippen molar-refractivity contribution in [1.29, 1.82) is 0 Å². The van der Waals surface area contributed by atoms with Crippen LogP contribution in [-0.2, 0) is 4.79 Å². The summed E-state index contributed by atoms with van der Waals surface area (Å²) in [7, 11) is 1.63. The standard InChI is InChI=1S/C19H24N2O3S/c1-13(2)18(14-4-6-16(24-3)7-5-14)21-17(22)8-10-20-19(23)15-9-11-25-12-15/h4-7,9,11-13,18H,8,10H2,1-3H3,(H,20,23)(H,21,22). The number of methoxy groups -OCH3 is 1. The first-order valence-electron chi connectivity index (χ1n) is 8.25. The van der Waals surface area contributed by atoms with E-state index in [0.717, 1.165) is 11.3 Å². The van der Waals surface area contributed by atoms with E-state index in [1.807, 2.05) is 29.6 Å². The van der Waals surface area contributed by atoms with Crippen molar-refractivity contribution in [2.45, 2.75) is 26.3 Å². The van der Waals surface area contributed by atoms with Crippen molar-refractivity contribution in [1.82, 2.24) is 10.6 Å². The minimum atomic E-state index is -0.149. The molecule has 0 aliphatic carbocycles. The van der Waals surface area contributed by atoms with Crippen molar-refractivity contribution in [3.05, 3.63) is 52.2 Å². The third kappa shape index (κ3) is 5.60. The lowest BCUT2D eigenvalue weighted by molar-refractivity contribution is -0.122.